The van der Waals surface area contributed by atoms with Gasteiger partial charge in [0.05, 0.1) is 24.0 Å². The number of alkyl carbamates (subject to hydrolysis) is 1. The van der Waals surface area contributed by atoms with Crippen LogP contribution < -0.4 is 5.32 Å². The van der Waals surface area contributed by atoms with Crippen LogP contribution in [0.15, 0.2) is 95.8 Å². The lowest BCUT2D eigenvalue weighted by Gasteiger charge is -2.38. The number of nitrogens with one attached hydrogen (secondary N) is 1. The van der Waals surface area contributed by atoms with Gasteiger partial charge in [-0.1, -0.05) is 87.2 Å². The molecular weight excluding hydrogens is 530 g/mol. The number of allylic oxidation sites excluding steroid dienone is 3. The molecule has 0 saturated carbocycles. The minimum atomic E-state index is -0.554. The third-order valence-electron chi connectivity index (χ3n) is 8.90. The Bertz CT molecular complexity index is 1340. The molecule has 0 spiro atoms. The summed E-state index contributed by atoms with van der Waals surface area (Å²) < 4.78 is 5.70. The molecule has 2 aromatic rings. The number of nitrogens with zero attached hydrogens (tertiary/aromatic N) is 2. The SMILES string of the molecule is C=C(CCC1(CCC)Cc2ccccc2[C@H]1NC(=O)OC(C)(C)C)/C(=C/C)N=CC(=C)N1CCCC[C@@H]1c1ccccc1. The first-order valence-corrected chi connectivity index (χ1v) is 16.0. The Morgan fingerprint density at radius 1 is 1.09 bits per heavy atom. The van der Waals surface area contributed by atoms with Crippen LogP contribution in [0, 0.1) is 5.41 Å². The molecule has 1 N–H and O–H groups in total. The molecule has 0 radical (unpaired) electrons. The van der Waals surface area contributed by atoms with E-state index >= 15 is 0 Å². The molecule has 1 aliphatic carbocycles. The number of hydrogen-bond donors (Lipinski definition) is 1. The number of aliphatic imine (C=N–C) groups is 1. The van der Waals surface area contributed by atoms with E-state index in [0.29, 0.717) is 6.04 Å². The number of amides is 1. The van der Waals surface area contributed by atoms with Crippen molar-refractivity contribution in [2.75, 3.05) is 6.54 Å². The topological polar surface area (TPSA) is 53.9 Å². The summed E-state index contributed by atoms with van der Waals surface area (Å²) in [6.07, 6.45) is 11.8. The maximum atomic E-state index is 13.0. The number of likely N-dealkylation sites (tertiary alicyclic amines) is 1. The number of carbonyl (C=O) groups is 1. The number of carbonyl (C=O) groups excluding carboxylic acids is 1. The summed E-state index contributed by atoms with van der Waals surface area (Å²) in [5.74, 6) is 0. The van der Waals surface area contributed by atoms with Gasteiger partial charge in [0.25, 0.3) is 0 Å². The molecule has 2 aromatic carbocycles. The van der Waals surface area contributed by atoms with E-state index < -0.39 is 5.60 Å². The number of fused-ring (bicyclic) bond motifs is 1. The average Bonchev–Trinajstić information content (AvgIpc) is 3.28. The van der Waals surface area contributed by atoms with E-state index in [1.807, 2.05) is 40.0 Å². The second kappa shape index (κ2) is 14.2. The lowest BCUT2D eigenvalue weighted by Crippen LogP contribution is -2.41. The van der Waals surface area contributed by atoms with E-state index in [1.165, 1.54) is 29.5 Å². The summed E-state index contributed by atoms with van der Waals surface area (Å²) in [4.78, 5) is 20.3. The van der Waals surface area contributed by atoms with Gasteiger partial charge in [0.2, 0.25) is 0 Å². The summed E-state index contributed by atoms with van der Waals surface area (Å²) in [5.41, 5.74) is 6.00. The summed E-state index contributed by atoms with van der Waals surface area (Å²) in [6, 6.07) is 19.4. The van der Waals surface area contributed by atoms with Crippen molar-refractivity contribution in [1.82, 2.24) is 10.2 Å². The predicted molar refractivity (Wildman–Crippen MR) is 179 cm³/mol. The van der Waals surface area contributed by atoms with Gasteiger partial charge in [0.15, 0.2) is 0 Å². The third-order valence-corrected chi connectivity index (χ3v) is 8.90. The first kappa shape index (κ1) is 32.3. The van der Waals surface area contributed by atoms with Crippen LogP contribution in [0.5, 0.6) is 0 Å². The standard InChI is InChI=1S/C38H51N3O2/c1-8-23-38(26-31-19-13-14-20-32(31)35(38)40-36(42)43-37(5,6)7)24-22-28(3)33(9-2)39-27-29(4)41-25-16-15-21-34(41)30-17-11-10-12-18-30/h9-14,17-20,27,34-35H,3-4,8,15-16,21-26H2,1-2,5-7H3,(H,40,42)/b33-9-,39-27?/t34-,35-,38?/m1/s1. The van der Waals surface area contributed by atoms with Gasteiger partial charge < -0.3 is 15.0 Å². The molecule has 0 aromatic heterocycles. The highest BCUT2D eigenvalue weighted by Crippen LogP contribution is 2.52. The normalized spacial score (nSPS) is 22.3. The maximum Gasteiger partial charge on any atom is 0.408 e. The fraction of sp³-hybridized carbons (Fsp3) is 0.474. The van der Waals surface area contributed by atoms with Crippen molar-refractivity contribution in [3.8, 4) is 0 Å². The van der Waals surface area contributed by atoms with Crippen LogP contribution >= 0.6 is 0 Å². The second-order valence-corrected chi connectivity index (χ2v) is 13.2. The van der Waals surface area contributed by atoms with Crippen molar-refractivity contribution in [3.05, 3.63) is 107 Å². The van der Waals surface area contributed by atoms with Gasteiger partial charge in [-0.25, -0.2) is 4.79 Å². The van der Waals surface area contributed by atoms with E-state index in [2.05, 4.69) is 84.9 Å². The van der Waals surface area contributed by atoms with Crippen molar-refractivity contribution >= 4 is 12.3 Å². The van der Waals surface area contributed by atoms with E-state index in [0.717, 1.165) is 62.0 Å². The van der Waals surface area contributed by atoms with Crippen molar-refractivity contribution < 1.29 is 9.53 Å². The van der Waals surface area contributed by atoms with Crippen LogP contribution in [-0.2, 0) is 11.2 Å². The van der Waals surface area contributed by atoms with Crippen LogP contribution in [0.2, 0.25) is 0 Å². The van der Waals surface area contributed by atoms with Crippen molar-refractivity contribution in [1.29, 1.82) is 0 Å². The van der Waals surface area contributed by atoms with Gasteiger partial charge in [-0.15, -0.1) is 0 Å². The third kappa shape index (κ3) is 8.07. The Balaban J connectivity index is 1.48. The molecule has 2 aliphatic rings. The number of hydrogen-bond acceptors (Lipinski definition) is 4. The van der Waals surface area contributed by atoms with Crippen LogP contribution in [-0.4, -0.2) is 29.4 Å². The number of rotatable bonds is 11. The van der Waals surface area contributed by atoms with Gasteiger partial charge >= 0.3 is 6.09 Å². The van der Waals surface area contributed by atoms with E-state index in [9.17, 15) is 4.79 Å². The van der Waals surface area contributed by atoms with Gasteiger partial charge in [0.1, 0.15) is 5.60 Å². The molecule has 1 aliphatic heterocycles. The zero-order chi connectivity index (χ0) is 31.0. The Morgan fingerprint density at radius 2 is 1.81 bits per heavy atom. The summed E-state index contributed by atoms with van der Waals surface area (Å²) >= 11 is 0. The van der Waals surface area contributed by atoms with Crippen molar-refractivity contribution in [2.45, 2.75) is 104 Å². The minimum absolute atomic E-state index is 0.113. The van der Waals surface area contributed by atoms with E-state index in [1.54, 1.807) is 0 Å². The zero-order valence-electron chi connectivity index (χ0n) is 27.0. The molecule has 1 fully saturated rings. The lowest BCUT2D eigenvalue weighted by molar-refractivity contribution is 0.0434. The highest BCUT2D eigenvalue weighted by Gasteiger charge is 2.46. The smallest absolute Gasteiger partial charge is 0.408 e. The lowest BCUT2D eigenvalue weighted by atomic mass is 9.72. The molecular formula is C38H51N3O2. The quantitative estimate of drug-likeness (QED) is 0.212. The Labute approximate surface area is 259 Å². The molecule has 1 amide bonds. The zero-order valence-corrected chi connectivity index (χ0v) is 27.0. The molecule has 5 heteroatoms. The Morgan fingerprint density at radius 3 is 2.51 bits per heavy atom. The summed E-state index contributed by atoms with van der Waals surface area (Å²) in [7, 11) is 0. The molecule has 3 atom stereocenters. The fourth-order valence-electron chi connectivity index (χ4n) is 6.95. The van der Waals surface area contributed by atoms with Crippen molar-refractivity contribution in [3.63, 3.8) is 0 Å². The van der Waals surface area contributed by atoms with E-state index in [4.69, 9.17) is 9.73 Å². The maximum absolute atomic E-state index is 13.0. The fourth-order valence-corrected chi connectivity index (χ4v) is 6.95. The Kier molecular flexibility index (Phi) is 10.7. The Hall–Kier alpha value is -3.60. The highest BCUT2D eigenvalue weighted by molar-refractivity contribution is 5.78. The van der Waals surface area contributed by atoms with Crippen LogP contribution in [0.1, 0.15) is 108 Å². The predicted octanol–water partition coefficient (Wildman–Crippen LogP) is 9.65. The summed E-state index contributed by atoms with van der Waals surface area (Å²) in [5, 5.41) is 3.28. The monoisotopic (exact) mass is 581 g/mol. The van der Waals surface area contributed by atoms with Crippen LogP contribution in [0.25, 0.3) is 0 Å². The second-order valence-electron chi connectivity index (χ2n) is 13.2. The largest absolute Gasteiger partial charge is 0.444 e. The molecule has 43 heavy (non-hydrogen) atoms. The molecule has 230 valence electrons. The minimum Gasteiger partial charge on any atom is -0.444 e. The van der Waals surface area contributed by atoms with Gasteiger partial charge in [0, 0.05) is 12.2 Å². The molecule has 1 heterocycles. The molecule has 4 rings (SSSR count). The first-order chi connectivity index (χ1) is 20.6. The van der Waals surface area contributed by atoms with Gasteiger partial charge in [-0.05, 0) is 100 Å². The number of benzene rings is 2. The average molecular weight is 582 g/mol. The van der Waals surface area contributed by atoms with Crippen LogP contribution in [0.3, 0.4) is 0 Å². The van der Waals surface area contributed by atoms with Gasteiger partial charge in [-0.2, -0.15) is 0 Å². The molecule has 0 bridgehead atoms. The molecule has 5 nitrogen and oxygen atoms in total. The highest BCUT2D eigenvalue weighted by atomic mass is 16.6. The number of piperidine rings is 1. The van der Waals surface area contributed by atoms with E-state index in [-0.39, 0.29) is 17.6 Å². The first-order valence-electron chi connectivity index (χ1n) is 16.0. The molecule has 1 saturated heterocycles. The summed E-state index contributed by atoms with van der Waals surface area (Å²) in [6.45, 7) is 19.8. The van der Waals surface area contributed by atoms with Crippen LogP contribution in [0.4, 0.5) is 4.79 Å². The number of ether oxygens (including phenoxy) is 1. The van der Waals surface area contributed by atoms with Crippen molar-refractivity contribution in [2.24, 2.45) is 10.4 Å². The van der Waals surface area contributed by atoms with Gasteiger partial charge in [-0.3, -0.25) is 4.99 Å². The molecule has 1 unspecified atom stereocenters.